The highest BCUT2D eigenvalue weighted by Crippen LogP contribution is 2.27. The van der Waals surface area contributed by atoms with Crippen LogP contribution in [0.2, 0.25) is 0 Å². The molecule has 6 nitrogen and oxygen atoms in total. The molecule has 2 fully saturated rings. The van der Waals surface area contributed by atoms with Gasteiger partial charge in [0.15, 0.2) is 0 Å². The quantitative estimate of drug-likeness (QED) is 0.882. The first-order chi connectivity index (χ1) is 13.2. The predicted molar refractivity (Wildman–Crippen MR) is 104 cm³/mol. The van der Waals surface area contributed by atoms with E-state index < -0.39 is 6.04 Å². The van der Waals surface area contributed by atoms with Crippen molar-refractivity contribution in [3.05, 3.63) is 60.2 Å². The Labute approximate surface area is 158 Å². The van der Waals surface area contributed by atoms with Crippen LogP contribution in [0.15, 0.2) is 54.6 Å². The van der Waals surface area contributed by atoms with Crippen LogP contribution in [0.3, 0.4) is 0 Å². The Morgan fingerprint density at radius 3 is 2.48 bits per heavy atom. The molecule has 0 radical (unpaired) electrons. The Hall–Kier alpha value is -3.02. The number of amides is 2. The summed E-state index contributed by atoms with van der Waals surface area (Å²) in [6, 6.07) is 16.9. The molecule has 0 bridgehead atoms. The SMILES string of the molecule is O=C([C@@H](Nc1cccc(N2CCOC2=O)c1)c1ccccc1)N1CCCC1. The molecule has 0 aromatic heterocycles. The minimum absolute atomic E-state index is 0.0877. The normalized spacial score (nSPS) is 17.7. The third-order valence-corrected chi connectivity index (χ3v) is 5.03. The number of nitrogens with zero attached hydrogens (tertiary/aromatic N) is 2. The highest BCUT2D eigenvalue weighted by Gasteiger charge is 2.28. The zero-order chi connectivity index (χ0) is 18.6. The third kappa shape index (κ3) is 3.74. The minimum Gasteiger partial charge on any atom is -0.447 e. The van der Waals surface area contributed by atoms with E-state index in [1.807, 2.05) is 59.5 Å². The second-order valence-electron chi connectivity index (χ2n) is 6.84. The minimum atomic E-state index is -0.454. The molecule has 0 spiro atoms. The summed E-state index contributed by atoms with van der Waals surface area (Å²) >= 11 is 0. The molecule has 140 valence electrons. The van der Waals surface area contributed by atoms with Crippen LogP contribution >= 0.6 is 0 Å². The van der Waals surface area contributed by atoms with Crippen molar-refractivity contribution in [1.82, 2.24) is 4.90 Å². The van der Waals surface area contributed by atoms with Crippen LogP contribution in [0.5, 0.6) is 0 Å². The molecule has 0 saturated carbocycles. The van der Waals surface area contributed by atoms with Gasteiger partial charge in [-0.3, -0.25) is 9.69 Å². The lowest BCUT2D eigenvalue weighted by molar-refractivity contribution is -0.131. The number of carbonyl (C=O) groups is 2. The van der Waals surface area contributed by atoms with Crippen LogP contribution in [-0.4, -0.2) is 43.1 Å². The maximum atomic E-state index is 13.1. The van der Waals surface area contributed by atoms with Gasteiger partial charge >= 0.3 is 6.09 Å². The number of rotatable bonds is 5. The van der Waals surface area contributed by atoms with Gasteiger partial charge in [0.2, 0.25) is 5.91 Å². The highest BCUT2D eigenvalue weighted by atomic mass is 16.6. The number of likely N-dealkylation sites (tertiary alicyclic amines) is 1. The van der Waals surface area contributed by atoms with Crippen molar-refractivity contribution >= 4 is 23.4 Å². The van der Waals surface area contributed by atoms with Crippen LogP contribution < -0.4 is 10.2 Å². The van der Waals surface area contributed by atoms with Gasteiger partial charge in [-0.15, -0.1) is 0 Å². The Morgan fingerprint density at radius 1 is 1.00 bits per heavy atom. The number of nitrogens with one attached hydrogen (secondary N) is 1. The van der Waals surface area contributed by atoms with Gasteiger partial charge < -0.3 is 15.0 Å². The van der Waals surface area contributed by atoms with Crippen molar-refractivity contribution < 1.29 is 14.3 Å². The topological polar surface area (TPSA) is 61.9 Å². The van der Waals surface area contributed by atoms with E-state index in [1.165, 1.54) is 0 Å². The molecule has 4 rings (SSSR count). The van der Waals surface area contributed by atoms with Crippen LogP contribution in [0.4, 0.5) is 16.2 Å². The molecule has 0 aliphatic carbocycles. The van der Waals surface area contributed by atoms with Crippen molar-refractivity contribution in [2.75, 3.05) is 36.5 Å². The van der Waals surface area contributed by atoms with Gasteiger partial charge in [0.25, 0.3) is 0 Å². The largest absolute Gasteiger partial charge is 0.447 e. The number of cyclic esters (lactones) is 1. The lowest BCUT2D eigenvalue weighted by Gasteiger charge is -2.25. The van der Waals surface area contributed by atoms with Crippen molar-refractivity contribution in [1.29, 1.82) is 0 Å². The number of hydrogen-bond donors (Lipinski definition) is 1. The fraction of sp³-hybridized carbons (Fsp3) is 0.333. The first-order valence-electron chi connectivity index (χ1n) is 9.37. The fourth-order valence-electron chi connectivity index (χ4n) is 3.61. The van der Waals surface area contributed by atoms with Gasteiger partial charge in [-0.2, -0.15) is 0 Å². The molecule has 2 aliphatic rings. The van der Waals surface area contributed by atoms with Gasteiger partial charge in [0.05, 0.1) is 6.54 Å². The molecule has 6 heteroatoms. The van der Waals surface area contributed by atoms with Crippen LogP contribution in [0, 0.1) is 0 Å². The molecule has 2 saturated heterocycles. The van der Waals surface area contributed by atoms with Gasteiger partial charge in [-0.05, 0) is 36.6 Å². The van der Waals surface area contributed by atoms with E-state index in [9.17, 15) is 9.59 Å². The predicted octanol–water partition coefficient (Wildman–Crippen LogP) is 3.42. The molecular weight excluding hydrogens is 342 g/mol. The molecule has 2 heterocycles. The Morgan fingerprint density at radius 2 is 1.78 bits per heavy atom. The summed E-state index contributed by atoms with van der Waals surface area (Å²) in [6.45, 7) is 2.56. The van der Waals surface area contributed by atoms with E-state index in [0.29, 0.717) is 13.2 Å². The average Bonchev–Trinajstić information content (AvgIpc) is 3.38. The van der Waals surface area contributed by atoms with Crippen molar-refractivity contribution in [3.63, 3.8) is 0 Å². The summed E-state index contributed by atoms with van der Waals surface area (Å²) < 4.78 is 5.02. The molecule has 2 aliphatic heterocycles. The van der Waals surface area contributed by atoms with Gasteiger partial charge in [0, 0.05) is 24.5 Å². The van der Waals surface area contributed by atoms with Crippen molar-refractivity contribution in [3.8, 4) is 0 Å². The van der Waals surface area contributed by atoms with E-state index in [0.717, 1.165) is 42.9 Å². The molecule has 2 aromatic carbocycles. The zero-order valence-electron chi connectivity index (χ0n) is 15.1. The first kappa shape index (κ1) is 17.4. The van der Waals surface area contributed by atoms with E-state index in [1.54, 1.807) is 4.90 Å². The molecule has 27 heavy (non-hydrogen) atoms. The Kier molecular flexibility index (Phi) is 4.96. The van der Waals surface area contributed by atoms with Gasteiger partial charge in [0.1, 0.15) is 12.6 Å². The molecule has 1 N–H and O–H groups in total. The van der Waals surface area contributed by atoms with Crippen molar-refractivity contribution in [2.45, 2.75) is 18.9 Å². The lowest BCUT2D eigenvalue weighted by Crippen LogP contribution is -2.36. The molecule has 2 aromatic rings. The van der Waals surface area contributed by atoms with Gasteiger partial charge in [-0.1, -0.05) is 36.4 Å². The summed E-state index contributed by atoms with van der Waals surface area (Å²) in [5, 5.41) is 3.38. The second kappa shape index (κ2) is 7.70. The van der Waals surface area contributed by atoms with Crippen LogP contribution in [0.25, 0.3) is 0 Å². The van der Waals surface area contributed by atoms with Crippen LogP contribution in [0.1, 0.15) is 24.4 Å². The van der Waals surface area contributed by atoms with E-state index in [2.05, 4.69) is 5.32 Å². The van der Waals surface area contributed by atoms with E-state index in [-0.39, 0.29) is 12.0 Å². The molecule has 1 atom stereocenters. The number of anilines is 2. The fourth-order valence-corrected chi connectivity index (χ4v) is 3.61. The summed E-state index contributed by atoms with van der Waals surface area (Å²) in [5.41, 5.74) is 2.50. The molecule has 0 unspecified atom stereocenters. The summed E-state index contributed by atoms with van der Waals surface area (Å²) in [5.74, 6) is 0.0877. The average molecular weight is 365 g/mol. The Bertz CT molecular complexity index is 818. The maximum Gasteiger partial charge on any atom is 0.414 e. The number of ether oxygens (including phenoxy) is 1. The highest BCUT2D eigenvalue weighted by molar-refractivity contribution is 5.90. The monoisotopic (exact) mass is 365 g/mol. The smallest absolute Gasteiger partial charge is 0.414 e. The summed E-state index contributed by atoms with van der Waals surface area (Å²) in [7, 11) is 0. The summed E-state index contributed by atoms with van der Waals surface area (Å²) in [4.78, 5) is 28.5. The van der Waals surface area contributed by atoms with E-state index in [4.69, 9.17) is 4.74 Å². The first-order valence-corrected chi connectivity index (χ1v) is 9.37. The maximum absolute atomic E-state index is 13.1. The Balaban J connectivity index is 1.60. The van der Waals surface area contributed by atoms with Crippen LogP contribution in [-0.2, 0) is 9.53 Å². The molecule has 2 amide bonds. The van der Waals surface area contributed by atoms with E-state index >= 15 is 0 Å². The standard InChI is InChI=1S/C21H23N3O3/c25-20(23-11-4-5-12-23)19(16-7-2-1-3-8-16)22-17-9-6-10-18(15-17)24-13-14-27-21(24)26/h1-3,6-10,15,19,22H,4-5,11-14H2/t19-/m0/s1. The number of hydrogen-bond acceptors (Lipinski definition) is 4. The number of carbonyl (C=O) groups excluding carboxylic acids is 2. The zero-order valence-corrected chi connectivity index (χ0v) is 15.1. The lowest BCUT2D eigenvalue weighted by atomic mass is 10.0. The van der Waals surface area contributed by atoms with Crippen molar-refractivity contribution in [2.24, 2.45) is 0 Å². The third-order valence-electron chi connectivity index (χ3n) is 5.03. The second-order valence-corrected chi connectivity index (χ2v) is 6.84. The summed E-state index contributed by atoms with van der Waals surface area (Å²) in [6.07, 6.45) is 1.78. The number of benzene rings is 2. The molecular formula is C21H23N3O3. The van der Waals surface area contributed by atoms with Gasteiger partial charge in [-0.25, -0.2) is 4.79 Å².